The zero-order valence-corrected chi connectivity index (χ0v) is 16.9. The van der Waals surface area contributed by atoms with Crippen molar-refractivity contribution in [1.82, 2.24) is 20.4 Å². The fourth-order valence-corrected chi connectivity index (χ4v) is 4.97. The molecule has 4 rings (SSSR count). The Morgan fingerprint density at radius 2 is 2.33 bits per heavy atom. The maximum atomic E-state index is 13.1. The number of nitrogens with one attached hydrogen (secondary N) is 1. The minimum atomic E-state index is -0.468. The van der Waals surface area contributed by atoms with Crippen molar-refractivity contribution >= 4 is 17.2 Å². The number of aryl methyl sites for hydroxylation is 3. The van der Waals surface area contributed by atoms with E-state index in [4.69, 9.17) is 9.26 Å². The molecule has 0 unspecified atom stereocenters. The predicted molar refractivity (Wildman–Crippen MR) is 101 cm³/mol. The lowest BCUT2D eigenvalue weighted by molar-refractivity contribution is -0.131. The smallest absolute Gasteiger partial charge is 0.230 e. The number of hydrogen-bond acceptors (Lipinski definition) is 7. The first kappa shape index (κ1) is 18.6. The summed E-state index contributed by atoms with van der Waals surface area (Å²) in [6.07, 6.45) is 0.918. The van der Waals surface area contributed by atoms with E-state index >= 15 is 0 Å². The summed E-state index contributed by atoms with van der Waals surface area (Å²) in [5.74, 6) is 1.16. The minimum Gasteiger partial charge on any atom is -0.380 e. The van der Waals surface area contributed by atoms with Gasteiger partial charge in [-0.15, -0.1) is 11.3 Å². The van der Waals surface area contributed by atoms with Gasteiger partial charge in [-0.1, -0.05) is 12.1 Å². The molecule has 0 bridgehead atoms. The Morgan fingerprint density at radius 3 is 3.04 bits per heavy atom. The number of hydrogen-bond donors (Lipinski definition) is 1. The number of likely N-dealkylation sites (tertiary alicyclic amines) is 1. The number of fused-ring (bicyclic) bond motifs is 1. The zero-order valence-electron chi connectivity index (χ0n) is 16.1. The van der Waals surface area contributed by atoms with Crippen LogP contribution in [0.25, 0.3) is 0 Å². The van der Waals surface area contributed by atoms with Crippen LogP contribution < -0.4 is 5.32 Å². The quantitative estimate of drug-likeness (QED) is 0.813. The van der Waals surface area contributed by atoms with Crippen molar-refractivity contribution in [3.05, 3.63) is 33.1 Å². The highest BCUT2D eigenvalue weighted by molar-refractivity contribution is 7.09. The van der Waals surface area contributed by atoms with Crippen molar-refractivity contribution in [2.45, 2.75) is 40.3 Å². The second kappa shape index (κ2) is 7.33. The Kier molecular flexibility index (Phi) is 5.05. The molecule has 0 aromatic carbocycles. The molecule has 1 amide bonds. The van der Waals surface area contributed by atoms with Crippen LogP contribution in [-0.4, -0.2) is 47.3 Å². The Balaban J connectivity index is 1.43. The predicted octanol–water partition coefficient (Wildman–Crippen LogP) is 2.08. The summed E-state index contributed by atoms with van der Waals surface area (Å²) < 4.78 is 11.0. The largest absolute Gasteiger partial charge is 0.380 e. The molecule has 2 aliphatic rings. The van der Waals surface area contributed by atoms with E-state index in [1.165, 1.54) is 0 Å². The second-order valence-electron chi connectivity index (χ2n) is 7.61. The molecule has 8 heteroatoms. The molecule has 0 spiro atoms. The van der Waals surface area contributed by atoms with Crippen molar-refractivity contribution in [3.63, 3.8) is 0 Å². The van der Waals surface area contributed by atoms with Crippen molar-refractivity contribution in [2.75, 3.05) is 26.3 Å². The van der Waals surface area contributed by atoms with E-state index in [0.717, 1.165) is 47.2 Å². The highest BCUT2D eigenvalue weighted by Gasteiger charge is 2.55. The van der Waals surface area contributed by atoms with E-state index in [9.17, 15) is 4.79 Å². The molecule has 2 aliphatic heterocycles. The van der Waals surface area contributed by atoms with Crippen LogP contribution in [0.2, 0.25) is 0 Å². The lowest BCUT2D eigenvalue weighted by atomic mass is 9.80. The number of nitrogens with zero attached hydrogens (tertiary/aromatic N) is 3. The van der Waals surface area contributed by atoms with Gasteiger partial charge < -0.3 is 14.6 Å². The molecule has 27 heavy (non-hydrogen) atoms. The van der Waals surface area contributed by atoms with E-state index < -0.39 is 5.41 Å². The van der Waals surface area contributed by atoms with Crippen molar-refractivity contribution in [1.29, 1.82) is 0 Å². The van der Waals surface area contributed by atoms with Crippen molar-refractivity contribution in [3.8, 4) is 0 Å². The van der Waals surface area contributed by atoms with E-state index in [0.29, 0.717) is 26.3 Å². The number of carbonyl (C=O) groups is 1. The van der Waals surface area contributed by atoms with E-state index in [2.05, 4.69) is 32.7 Å². The van der Waals surface area contributed by atoms with Gasteiger partial charge in [0, 0.05) is 36.5 Å². The van der Waals surface area contributed by atoms with Gasteiger partial charge in [0.15, 0.2) is 0 Å². The molecule has 2 saturated heterocycles. The summed E-state index contributed by atoms with van der Waals surface area (Å²) in [7, 11) is 0. The summed E-state index contributed by atoms with van der Waals surface area (Å²) in [4.78, 5) is 20.0. The van der Waals surface area contributed by atoms with Gasteiger partial charge in [0.2, 0.25) is 5.91 Å². The van der Waals surface area contributed by atoms with Gasteiger partial charge in [-0.2, -0.15) is 0 Å². The molecule has 2 fully saturated rings. The first-order chi connectivity index (χ1) is 13.0. The molecule has 0 radical (unpaired) electrons. The average Bonchev–Trinajstić information content (AvgIpc) is 3.40. The fraction of sp³-hybridized carbons (Fsp3) is 0.632. The summed E-state index contributed by atoms with van der Waals surface area (Å²) in [5.41, 5.74) is 2.66. The van der Waals surface area contributed by atoms with Gasteiger partial charge in [-0.3, -0.25) is 9.69 Å². The van der Waals surface area contributed by atoms with Crippen LogP contribution in [0.15, 0.2) is 9.90 Å². The molecule has 2 aromatic heterocycles. The van der Waals surface area contributed by atoms with Crippen LogP contribution in [0, 0.1) is 25.2 Å². The third kappa shape index (κ3) is 3.41. The maximum absolute atomic E-state index is 13.1. The molecular formula is C19H26N4O3S. The van der Waals surface area contributed by atoms with Crippen LogP contribution >= 0.6 is 11.3 Å². The normalized spacial score (nSPS) is 25.1. The van der Waals surface area contributed by atoms with Gasteiger partial charge >= 0.3 is 0 Å². The number of ether oxygens (including phenoxy) is 1. The Bertz CT molecular complexity index is 813. The SMILES string of the molecule is CCc1csc(CNC(=O)[C@@]23COC[C@@H]2CN(Cc2c(C)noc2C)C3)n1. The second-order valence-corrected chi connectivity index (χ2v) is 8.55. The molecule has 0 saturated carbocycles. The zero-order chi connectivity index (χ0) is 19.0. The average molecular weight is 391 g/mol. The molecule has 7 nitrogen and oxygen atoms in total. The molecule has 146 valence electrons. The fourth-order valence-electron chi connectivity index (χ4n) is 4.16. The minimum absolute atomic E-state index is 0.0829. The number of carbonyl (C=O) groups excluding carboxylic acids is 1. The van der Waals surface area contributed by atoms with E-state index in [-0.39, 0.29) is 11.8 Å². The lowest BCUT2D eigenvalue weighted by Crippen LogP contribution is -2.46. The highest BCUT2D eigenvalue weighted by Crippen LogP contribution is 2.42. The monoisotopic (exact) mass is 390 g/mol. The molecule has 2 aromatic rings. The van der Waals surface area contributed by atoms with Gasteiger partial charge in [0.1, 0.15) is 10.8 Å². The molecular weight excluding hydrogens is 364 g/mol. The molecule has 1 N–H and O–H groups in total. The van der Waals surface area contributed by atoms with Crippen LogP contribution in [0.5, 0.6) is 0 Å². The molecule has 0 aliphatic carbocycles. The number of aromatic nitrogens is 2. The Morgan fingerprint density at radius 1 is 1.48 bits per heavy atom. The third-order valence-electron chi connectivity index (χ3n) is 5.82. The number of thiazole rings is 1. The molecule has 4 heterocycles. The number of rotatable bonds is 6. The van der Waals surface area contributed by atoms with E-state index in [1.807, 2.05) is 13.8 Å². The summed E-state index contributed by atoms with van der Waals surface area (Å²) in [5, 5.41) is 10.2. The topological polar surface area (TPSA) is 80.5 Å². The van der Waals surface area contributed by atoms with E-state index in [1.54, 1.807) is 11.3 Å². The molecule has 2 atom stereocenters. The maximum Gasteiger partial charge on any atom is 0.230 e. The lowest BCUT2D eigenvalue weighted by Gasteiger charge is -2.26. The van der Waals surface area contributed by atoms with Crippen LogP contribution in [0.1, 0.15) is 34.6 Å². The standard InChI is InChI=1S/C19H26N4O3S/c1-4-15-9-27-17(21-15)5-20-18(24)19-10-23(6-14(19)8-25-11-19)7-16-12(2)22-26-13(16)3/h9,14H,4-8,10-11H2,1-3H3,(H,20,24)/t14-,19-/m0/s1. The van der Waals surface area contributed by atoms with Gasteiger partial charge in [-0.25, -0.2) is 4.98 Å². The van der Waals surface area contributed by atoms with Crippen LogP contribution in [-0.2, 0) is 29.0 Å². The first-order valence-corrected chi connectivity index (χ1v) is 10.3. The van der Waals surface area contributed by atoms with Crippen LogP contribution in [0.3, 0.4) is 0 Å². The Labute approximate surface area is 163 Å². The number of amides is 1. The van der Waals surface area contributed by atoms with Gasteiger partial charge in [-0.05, 0) is 20.3 Å². The van der Waals surface area contributed by atoms with Gasteiger partial charge in [0.25, 0.3) is 0 Å². The van der Waals surface area contributed by atoms with Crippen LogP contribution in [0.4, 0.5) is 0 Å². The Hall–Kier alpha value is -1.77. The van der Waals surface area contributed by atoms with Crippen molar-refractivity contribution < 1.29 is 14.1 Å². The summed E-state index contributed by atoms with van der Waals surface area (Å²) in [6.45, 7) is 9.93. The van der Waals surface area contributed by atoms with Gasteiger partial charge in [0.05, 0.1) is 36.6 Å². The van der Waals surface area contributed by atoms with Crippen molar-refractivity contribution in [2.24, 2.45) is 11.3 Å². The highest BCUT2D eigenvalue weighted by atomic mass is 32.1. The first-order valence-electron chi connectivity index (χ1n) is 9.45. The summed E-state index contributed by atoms with van der Waals surface area (Å²) >= 11 is 1.60. The third-order valence-corrected chi connectivity index (χ3v) is 6.72. The summed E-state index contributed by atoms with van der Waals surface area (Å²) in [6, 6.07) is 0.